The second kappa shape index (κ2) is 12.6. The number of hydrogen-bond donors (Lipinski definition) is 2. The normalized spacial score (nSPS) is 10.9. The molecule has 3 aromatic carbocycles. The maximum absolute atomic E-state index is 13.4. The maximum atomic E-state index is 13.4. The van der Waals surface area contributed by atoms with E-state index in [-0.39, 0.29) is 11.3 Å². The molecule has 0 aliphatic heterocycles. The molecule has 1 aromatic heterocycles. The molecule has 0 spiro atoms. The van der Waals surface area contributed by atoms with Crippen LogP contribution in [0.15, 0.2) is 78.9 Å². The molecule has 0 aliphatic rings. The van der Waals surface area contributed by atoms with Gasteiger partial charge in [-0.15, -0.1) is 0 Å². The fraction of sp³-hybridized carbons (Fsp3) is 0.172. The third-order valence-electron chi connectivity index (χ3n) is 5.68. The van der Waals surface area contributed by atoms with Crippen molar-refractivity contribution >= 4 is 46.4 Å². The van der Waals surface area contributed by atoms with Crippen LogP contribution in [0.1, 0.15) is 33.0 Å². The molecule has 2 N–H and O–H groups in total. The van der Waals surface area contributed by atoms with Crippen LogP contribution in [0.25, 0.3) is 11.4 Å². The van der Waals surface area contributed by atoms with Gasteiger partial charge in [-0.25, -0.2) is 9.97 Å². The van der Waals surface area contributed by atoms with Crippen LogP contribution in [0.3, 0.4) is 0 Å². The van der Waals surface area contributed by atoms with Crippen molar-refractivity contribution in [1.29, 1.82) is 0 Å². The first-order chi connectivity index (χ1) is 18.3. The summed E-state index contributed by atoms with van der Waals surface area (Å²) in [4.78, 5) is 37.8. The van der Waals surface area contributed by atoms with Gasteiger partial charge in [0, 0.05) is 16.9 Å². The molecule has 1 heterocycles. The Morgan fingerprint density at radius 3 is 2.29 bits per heavy atom. The van der Waals surface area contributed by atoms with Gasteiger partial charge in [0.15, 0.2) is 5.82 Å². The van der Waals surface area contributed by atoms with E-state index >= 15 is 0 Å². The molecule has 38 heavy (non-hydrogen) atoms. The molecule has 194 valence electrons. The number of anilines is 2. The molecule has 7 nitrogen and oxygen atoms in total. The van der Waals surface area contributed by atoms with Gasteiger partial charge in [0.2, 0.25) is 0 Å². The lowest BCUT2D eigenvalue weighted by atomic mass is 10.1. The highest BCUT2D eigenvalue weighted by atomic mass is 35.5. The Morgan fingerprint density at radius 2 is 1.55 bits per heavy atom. The van der Waals surface area contributed by atoms with Gasteiger partial charge < -0.3 is 15.5 Å². The Hall–Kier alpha value is -3.78. The van der Waals surface area contributed by atoms with Gasteiger partial charge in [0.05, 0.1) is 21.3 Å². The van der Waals surface area contributed by atoms with E-state index in [2.05, 4.69) is 20.5 Å². The van der Waals surface area contributed by atoms with Crippen molar-refractivity contribution in [2.24, 2.45) is 0 Å². The number of benzene rings is 3. The number of amides is 2. The van der Waals surface area contributed by atoms with E-state index in [0.29, 0.717) is 33.7 Å². The monoisotopic (exact) mass is 547 g/mol. The van der Waals surface area contributed by atoms with Crippen LogP contribution in [0.2, 0.25) is 10.0 Å². The zero-order chi connectivity index (χ0) is 27.1. The number of aryl methyl sites for hydroxylation is 1. The number of nitrogens with one attached hydrogen (secondary N) is 2. The van der Waals surface area contributed by atoms with Crippen molar-refractivity contribution in [2.75, 3.05) is 31.3 Å². The molecule has 0 atom stereocenters. The summed E-state index contributed by atoms with van der Waals surface area (Å²) in [6.07, 6.45) is 1.58. The van der Waals surface area contributed by atoms with Crippen LogP contribution in [0, 0.1) is 0 Å². The van der Waals surface area contributed by atoms with Gasteiger partial charge in [-0.1, -0.05) is 65.7 Å². The molecule has 0 unspecified atom stereocenters. The summed E-state index contributed by atoms with van der Waals surface area (Å²) < 4.78 is 0. The standard InChI is InChI=1S/C29H27Cl2N5O2/c1-36(2)16-8-11-20-18-26(34-27(32-20)19-9-4-3-5-10-19)29(38)35-25-13-7-6-12-22(25)28(37)33-21-14-15-23(30)24(31)17-21/h3-7,9-10,12-15,17-18H,8,11,16H2,1-2H3,(H,33,37)(H,35,38). The van der Waals surface area contributed by atoms with Gasteiger partial charge in [-0.05, 0) is 69.9 Å². The van der Waals surface area contributed by atoms with Gasteiger partial charge in [0.1, 0.15) is 5.69 Å². The maximum Gasteiger partial charge on any atom is 0.274 e. The minimum absolute atomic E-state index is 0.221. The van der Waals surface area contributed by atoms with Gasteiger partial charge >= 0.3 is 0 Å². The Morgan fingerprint density at radius 1 is 0.816 bits per heavy atom. The van der Waals surface area contributed by atoms with E-state index in [1.807, 2.05) is 44.4 Å². The zero-order valence-electron chi connectivity index (χ0n) is 21.0. The number of nitrogens with zero attached hydrogens (tertiary/aromatic N) is 3. The molecule has 2 amide bonds. The summed E-state index contributed by atoms with van der Waals surface area (Å²) in [6, 6.07) is 22.8. The molecular formula is C29H27Cl2N5O2. The van der Waals surface area contributed by atoms with Crippen LogP contribution < -0.4 is 10.6 Å². The van der Waals surface area contributed by atoms with E-state index in [1.54, 1.807) is 48.5 Å². The van der Waals surface area contributed by atoms with E-state index in [0.717, 1.165) is 24.2 Å². The van der Waals surface area contributed by atoms with Crippen LogP contribution in [0.4, 0.5) is 11.4 Å². The second-order valence-electron chi connectivity index (χ2n) is 8.92. The summed E-state index contributed by atoms with van der Waals surface area (Å²) in [6.45, 7) is 0.896. The highest BCUT2D eigenvalue weighted by Crippen LogP contribution is 2.26. The molecular weight excluding hydrogens is 521 g/mol. The van der Waals surface area contributed by atoms with Crippen molar-refractivity contribution in [1.82, 2.24) is 14.9 Å². The molecule has 4 aromatic rings. The quantitative estimate of drug-likeness (QED) is 0.251. The first-order valence-electron chi connectivity index (χ1n) is 12.0. The SMILES string of the molecule is CN(C)CCCc1cc(C(=O)Nc2ccccc2C(=O)Nc2ccc(Cl)c(Cl)c2)nc(-c2ccccc2)n1. The smallest absolute Gasteiger partial charge is 0.274 e. The minimum Gasteiger partial charge on any atom is -0.322 e. The molecule has 0 saturated heterocycles. The highest BCUT2D eigenvalue weighted by Gasteiger charge is 2.18. The molecule has 4 rings (SSSR count). The van der Waals surface area contributed by atoms with Gasteiger partial charge in [-0.2, -0.15) is 0 Å². The largest absolute Gasteiger partial charge is 0.322 e. The summed E-state index contributed by atoms with van der Waals surface area (Å²) in [5.74, 6) is -0.367. The summed E-state index contributed by atoms with van der Waals surface area (Å²) >= 11 is 12.0. The third-order valence-corrected chi connectivity index (χ3v) is 6.42. The fourth-order valence-electron chi connectivity index (χ4n) is 3.78. The lowest BCUT2D eigenvalue weighted by Gasteiger charge is -2.13. The summed E-state index contributed by atoms with van der Waals surface area (Å²) in [7, 11) is 4.03. The average molecular weight is 548 g/mol. The van der Waals surface area contributed by atoms with Crippen molar-refractivity contribution < 1.29 is 9.59 Å². The zero-order valence-corrected chi connectivity index (χ0v) is 22.6. The van der Waals surface area contributed by atoms with E-state index in [9.17, 15) is 9.59 Å². The van der Waals surface area contributed by atoms with Crippen LogP contribution >= 0.6 is 23.2 Å². The van der Waals surface area contributed by atoms with Crippen LogP contribution in [-0.2, 0) is 6.42 Å². The second-order valence-corrected chi connectivity index (χ2v) is 9.74. The number of halogens is 2. The number of carbonyl (C=O) groups is 2. The molecule has 9 heteroatoms. The molecule has 0 fully saturated rings. The number of hydrogen-bond acceptors (Lipinski definition) is 5. The topological polar surface area (TPSA) is 87.2 Å². The predicted molar refractivity (Wildman–Crippen MR) is 153 cm³/mol. The average Bonchev–Trinajstić information content (AvgIpc) is 2.91. The number of aromatic nitrogens is 2. The predicted octanol–water partition coefficient (Wildman–Crippen LogP) is 6.45. The van der Waals surface area contributed by atoms with E-state index < -0.39 is 11.8 Å². The Balaban J connectivity index is 1.59. The number of rotatable bonds is 9. The third kappa shape index (κ3) is 7.16. The molecule has 0 bridgehead atoms. The summed E-state index contributed by atoms with van der Waals surface area (Å²) in [5, 5.41) is 6.35. The van der Waals surface area contributed by atoms with Crippen LogP contribution in [-0.4, -0.2) is 47.3 Å². The van der Waals surface area contributed by atoms with Gasteiger partial charge in [-0.3, -0.25) is 9.59 Å². The molecule has 0 radical (unpaired) electrons. The van der Waals surface area contributed by atoms with Crippen molar-refractivity contribution in [2.45, 2.75) is 12.8 Å². The Labute approximate surface area is 231 Å². The van der Waals surface area contributed by atoms with E-state index in [4.69, 9.17) is 28.2 Å². The first-order valence-corrected chi connectivity index (χ1v) is 12.8. The Kier molecular flexibility index (Phi) is 9.07. The van der Waals surface area contributed by atoms with E-state index in [1.165, 1.54) is 0 Å². The van der Waals surface area contributed by atoms with Crippen molar-refractivity contribution in [3.05, 3.63) is 106 Å². The van der Waals surface area contributed by atoms with Crippen molar-refractivity contribution in [3.63, 3.8) is 0 Å². The first kappa shape index (κ1) is 27.3. The number of para-hydroxylation sites is 1. The minimum atomic E-state index is -0.437. The Bertz CT molecular complexity index is 1440. The highest BCUT2D eigenvalue weighted by molar-refractivity contribution is 6.42. The van der Waals surface area contributed by atoms with Crippen LogP contribution in [0.5, 0.6) is 0 Å². The van der Waals surface area contributed by atoms with Gasteiger partial charge in [0.25, 0.3) is 11.8 Å². The lowest BCUT2D eigenvalue weighted by molar-refractivity contribution is 0.102. The fourth-order valence-corrected chi connectivity index (χ4v) is 4.08. The van der Waals surface area contributed by atoms with Crippen molar-refractivity contribution in [3.8, 4) is 11.4 Å². The molecule has 0 saturated carbocycles. The summed E-state index contributed by atoms with van der Waals surface area (Å²) in [5.41, 5.74) is 2.93. The number of carbonyl (C=O) groups excluding carboxylic acids is 2. The molecule has 0 aliphatic carbocycles. The lowest BCUT2D eigenvalue weighted by Crippen LogP contribution is -2.20.